The van der Waals surface area contributed by atoms with E-state index in [1.54, 1.807) is 31.7 Å². The van der Waals surface area contributed by atoms with Gasteiger partial charge in [-0.3, -0.25) is 0 Å². The molecule has 1 rings (SSSR count). The van der Waals surface area contributed by atoms with Crippen LogP contribution in [0.15, 0.2) is 24.3 Å². The van der Waals surface area contributed by atoms with Gasteiger partial charge in [0.15, 0.2) is 0 Å². The van der Waals surface area contributed by atoms with Crippen molar-refractivity contribution < 1.29 is 5.11 Å². The Kier molecular flexibility index (Phi) is 6.17. The van der Waals surface area contributed by atoms with Crippen LogP contribution in [0.3, 0.4) is 0 Å². The number of hydrogen-bond acceptors (Lipinski definition) is 1. The van der Waals surface area contributed by atoms with Crippen LogP contribution in [-0.2, 0) is 0 Å². The Hall–Kier alpha value is 0.266. The van der Waals surface area contributed by atoms with E-state index in [-0.39, 0.29) is 0 Å². The lowest BCUT2D eigenvalue weighted by molar-refractivity contribution is 0.475. The summed E-state index contributed by atoms with van der Waals surface area (Å²) in [5.41, 5.74) is 1.17. The Balaban J connectivity index is 0.000000371. The molecule has 0 unspecified atom stereocenters. The first-order chi connectivity index (χ1) is 4.79. The third kappa shape index (κ3) is 4.14. The van der Waals surface area contributed by atoms with Crippen LogP contribution in [0, 0.1) is 6.92 Å². The maximum Gasteiger partial charge on any atom is 1.52 e. The van der Waals surface area contributed by atoms with Gasteiger partial charge in [-0.2, -0.15) is 0 Å². The smallest absolute Gasteiger partial charge is 0.508 e. The highest BCUT2D eigenvalue weighted by Crippen LogP contribution is 2.07. The SMILES string of the molecule is Cc1ccc(O)cc1.[Mg+2][Br]. The molecule has 0 amide bonds. The summed E-state index contributed by atoms with van der Waals surface area (Å²) in [6, 6.07) is 7.09. The third-order valence-electron chi connectivity index (χ3n) is 1.03. The second-order valence-corrected chi connectivity index (χ2v) is 1.84. The van der Waals surface area contributed by atoms with Crippen LogP contribution in [0.2, 0.25) is 0 Å². The summed E-state index contributed by atoms with van der Waals surface area (Å²) < 4.78 is 0. The van der Waals surface area contributed by atoms with E-state index in [9.17, 15) is 0 Å². The molecule has 49 valence electrons. The van der Waals surface area contributed by atoms with Crippen molar-refractivity contribution in [1.29, 1.82) is 0 Å². The normalized spacial score (nSPS) is 7.90. The standard InChI is InChI=1S/C7H8O.BrH.Mg/c1-6-2-4-7(8)5-3-6;;/h2-5,8H,1H3;1H;/q;;+3/p-1. The Bertz CT molecular complexity index is 152. The second-order valence-electron chi connectivity index (χ2n) is 1.84. The van der Waals surface area contributed by atoms with Gasteiger partial charge in [-0.05, 0) is 19.1 Å². The van der Waals surface area contributed by atoms with E-state index in [1.165, 1.54) is 5.56 Å². The van der Waals surface area contributed by atoms with Gasteiger partial charge in [-0.15, -0.1) is 0 Å². The fourth-order valence-electron chi connectivity index (χ4n) is 0.545. The quantitative estimate of drug-likeness (QED) is 0.653. The van der Waals surface area contributed by atoms with Gasteiger partial charge in [-0.1, -0.05) is 17.7 Å². The van der Waals surface area contributed by atoms with E-state index in [4.69, 9.17) is 5.11 Å². The molecule has 1 nitrogen and oxygen atoms in total. The summed E-state index contributed by atoms with van der Waals surface area (Å²) in [6.45, 7) is 1.99. The monoisotopic (exact) mass is 211 g/mol. The minimum Gasteiger partial charge on any atom is -0.508 e. The molecule has 10 heavy (non-hydrogen) atoms. The van der Waals surface area contributed by atoms with Crippen LogP contribution in [0.25, 0.3) is 0 Å². The molecule has 1 aromatic carbocycles. The van der Waals surface area contributed by atoms with Crippen LogP contribution >= 0.6 is 12.9 Å². The second kappa shape index (κ2) is 6.01. The molecule has 0 saturated carbocycles. The van der Waals surface area contributed by atoms with Gasteiger partial charge in [-0.25, -0.2) is 0 Å². The molecule has 0 atom stereocenters. The lowest BCUT2D eigenvalue weighted by atomic mass is 10.2. The van der Waals surface area contributed by atoms with Crippen LogP contribution in [0.4, 0.5) is 0 Å². The predicted molar refractivity (Wildman–Crippen MR) is 47.5 cm³/mol. The number of phenolic OH excluding ortho intramolecular Hbond substituents is 1. The van der Waals surface area contributed by atoms with Gasteiger partial charge in [0.1, 0.15) is 5.75 Å². The zero-order valence-corrected chi connectivity index (χ0v) is 8.84. The molecule has 0 aliphatic heterocycles. The van der Waals surface area contributed by atoms with E-state index in [1.807, 2.05) is 19.1 Å². The highest BCUT2D eigenvalue weighted by Gasteiger charge is 2.13. The maximum absolute atomic E-state index is 8.76. The summed E-state index contributed by atoms with van der Waals surface area (Å²) >= 11 is 4.64. The molecule has 0 spiro atoms. The van der Waals surface area contributed by atoms with E-state index in [2.05, 4.69) is 12.9 Å². The van der Waals surface area contributed by atoms with Gasteiger partial charge in [0.2, 0.25) is 0 Å². The minimum atomic E-state index is 0.329. The number of aromatic hydroxyl groups is 1. The molecular formula is C7H8BrMgO+2. The molecule has 1 aromatic rings. The average molecular weight is 212 g/mol. The van der Waals surface area contributed by atoms with Gasteiger partial charge in [0.05, 0.1) is 0 Å². The number of hydrogen-bond donors (Lipinski definition) is 1. The maximum atomic E-state index is 8.76. The number of aryl methyl sites for hydroxylation is 1. The third-order valence-corrected chi connectivity index (χ3v) is 1.03. The molecule has 0 aliphatic rings. The Morgan fingerprint density at radius 2 is 1.60 bits per heavy atom. The van der Waals surface area contributed by atoms with E-state index < -0.39 is 0 Å². The molecule has 0 fully saturated rings. The zero-order valence-electron chi connectivity index (χ0n) is 5.84. The average Bonchev–Trinajstić information content (AvgIpc) is 2.00. The summed E-state index contributed by atoms with van der Waals surface area (Å²) in [6.07, 6.45) is 0. The van der Waals surface area contributed by atoms with Crippen molar-refractivity contribution in [1.82, 2.24) is 0 Å². The largest absolute Gasteiger partial charge is 1.52 e. The fraction of sp³-hybridized carbons (Fsp3) is 0.143. The number of halogens is 1. The van der Waals surface area contributed by atoms with Crippen molar-refractivity contribution in [2.75, 3.05) is 0 Å². The lowest BCUT2D eigenvalue weighted by Crippen LogP contribution is -1.66. The van der Waals surface area contributed by atoms with Crippen molar-refractivity contribution >= 4 is 32.4 Å². The highest BCUT2D eigenvalue weighted by atomic mass is 79.9. The molecule has 0 bridgehead atoms. The Morgan fingerprint density at radius 1 is 1.20 bits per heavy atom. The Labute approximate surface area is 79.8 Å². The molecular weight excluding hydrogens is 204 g/mol. The van der Waals surface area contributed by atoms with Crippen molar-refractivity contribution in [3.63, 3.8) is 0 Å². The van der Waals surface area contributed by atoms with Gasteiger partial charge in [0.25, 0.3) is 0 Å². The van der Waals surface area contributed by atoms with E-state index >= 15 is 0 Å². The molecule has 7 radical (unpaired) electrons. The van der Waals surface area contributed by atoms with Crippen LogP contribution in [0.1, 0.15) is 5.56 Å². The van der Waals surface area contributed by atoms with Crippen LogP contribution in [0.5, 0.6) is 5.75 Å². The number of rotatable bonds is 0. The fourth-order valence-corrected chi connectivity index (χ4v) is 0.545. The molecule has 0 saturated heterocycles. The molecule has 1 N–H and O–H groups in total. The van der Waals surface area contributed by atoms with Crippen molar-refractivity contribution in [2.24, 2.45) is 0 Å². The lowest BCUT2D eigenvalue weighted by Gasteiger charge is -1.89. The van der Waals surface area contributed by atoms with Gasteiger partial charge in [0, 0.05) is 0 Å². The van der Waals surface area contributed by atoms with Crippen LogP contribution < -0.4 is 0 Å². The first-order valence-corrected chi connectivity index (χ1v) is 6.71. The molecule has 3 heteroatoms. The van der Waals surface area contributed by atoms with E-state index in [0.29, 0.717) is 5.75 Å². The van der Waals surface area contributed by atoms with Crippen molar-refractivity contribution in [3.05, 3.63) is 29.8 Å². The summed E-state index contributed by atoms with van der Waals surface area (Å²) in [5.74, 6) is 0.329. The molecule has 0 heterocycles. The predicted octanol–water partition coefficient (Wildman–Crippen LogP) is 2.17. The Morgan fingerprint density at radius 3 is 1.90 bits per heavy atom. The molecule has 0 aromatic heterocycles. The van der Waals surface area contributed by atoms with Gasteiger partial charge >= 0.3 is 32.4 Å². The highest BCUT2D eigenvalue weighted by molar-refractivity contribution is 9.22. The minimum absolute atomic E-state index is 0.329. The first kappa shape index (κ1) is 10.3. The number of benzene rings is 1. The summed E-state index contributed by atoms with van der Waals surface area (Å²) in [4.78, 5) is 0. The van der Waals surface area contributed by atoms with Crippen molar-refractivity contribution in [2.45, 2.75) is 6.92 Å². The van der Waals surface area contributed by atoms with Crippen LogP contribution in [-0.4, -0.2) is 24.6 Å². The molecule has 0 aliphatic carbocycles. The topological polar surface area (TPSA) is 20.2 Å². The van der Waals surface area contributed by atoms with Gasteiger partial charge < -0.3 is 5.11 Å². The number of phenols is 1. The van der Waals surface area contributed by atoms with Crippen molar-refractivity contribution in [3.8, 4) is 5.75 Å². The van der Waals surface area contributed by atoms with E-state index in [0.717, 1.165) is 0 Å². The zero-order chi connectivity index (χ0) is 7.98. The first-order valence-electron chi connectivity index (χ1n) is 2.81. The summed E-state index contributed by atoms with van der Waals surface area (Å²) in [7, 11) is 0. The summed E-state index contributed by atoms with van der Waals surface area (Å²) in [5, 5.41) is 8.76.